The molecule has 0 aliphatic heterocycles. The van der Waals surface area contributed by atoms with Crippen molar-refractivity contribution >= 4 is 47.6 Å². The second-order valence-electron chi connectivity index (χ2n) is 10.5. The molecule has 4 heterocycles. The molecule has 0 fully saturated rings. The molecule has 45 heavy (non-hydrogen) atoms. The molecule has 0 radical (unpaired) electrons. The third-order valence-electron chi connectivity index (χ3n) is 7.56. The zero-order valence-corrected chi connectivity index (χ0v) is 24.5. The molecular formula is C23H38N22. The molecule has 4 rings (SSSR count). The van der Waals surface area contributed by atoms with Gasteiger partial charge in [-0.05, 0) is 32.2 Å². The summed E-state index contributed by atoms with van der Waals surface area (Å²) < 4.78 is 0. The van der Waals surface area contributed by atoms with E-state index in [1.165, 1.54) is 0 Å². The van der Waals surface area contributed by atoms with E-state index in [1.54, 1.807) is 0 Å². The molecule has 0 aromatic carbocycles. The lowest BCUT2D eigenvalue weighted by Crippen LogP contribution is -2.60. The first-order chi connectivity index (χ1) is 21.3. The molecule has 20 N–H and O–H groups in total. The Hall–Kier alpha value is -5.64. The van der Waals surface area contributed by atoms with Crippen molar-refractivity contribution in [3.05, 3.63) is 23.3 Å². The molecule has 0 saturated carbocycles. The van der Waals surface area contributed by atoms with E-state index in [9.17, 15) is 0 Å². The van der Waals surface area contributed by atoms with Gasteiger partial charge in [0.2, 0.25) is 47.6 Å². The molecule has 0 atom stereocenters. The van der Waals surface area contributed by atoms with Crippen molar-refractivity contribution in [1.82, 2.24) is 59.8 Å². The van der Waals surface area contributed by atoms with Gasteiger partial charge < -0.3 is 57.3 Å². The van der Waals surface area contributed by atoms with E-state index in [0.717, 1.165) is 0 Å². The molecule has 240 valence electrons. The van der Waals surface area contributed by atoms with Crippen LogP contribution in [0.15, 0.2) is 0 Å². The summed E-state index contributed by atoms with van der Waals surface area (Å²) in [6.07, 6.45) is 2.52. The second kappa shape index (κ2) is 13.3. The van der Waals surface area contributed by atoms with Crippen LogP contribution in [0.5, 0.6) is 0 Å². The Morgan fingerprint density at radius 3 is 0.800 bits per heavy atom. The fourth-order valence-electron chi connectivity index (χ4n) is 5.33. The van der Waals surface area contributed by atoms with Crippen LogP contribution in [0.2, 0.25) is 0 Å². The Labute approximate surface area is 257 Å². The number of nitrogen functional groups attached to an aromatic ring is 8. The second-order valence-corrected chi connectivity index (χ2v) is 10.5. The summed E-state index contributed by atoms with van der Waals surface area (Å²) >= 11 is 0. The fraction of sp³-hybridized carbons (Fsp3) is 0.478. The highest BCUT2D eigenvalue weighted by Crippen LogP contribution is 2.43. The summed E-state index contributed by atoms with van der Waals surface area (Å²) in [6.45, 7) is 0.110. The zero-order chi connectivity index (χ0) is 32.8. The average Bonchev–Trinajstić information content (AvgIpc) is 2.93. The van der Waals surface area contributed by atoms with Gasteiger partial charge in [0.15, 0.2) is 0 Å². The molecule has 0 aliphatic carbocycles. The van der Waals surface area contributed by atoms with E-state index < -0.39 is 11.0 Å². The van der Waals surface area contributed by atoms with Crippen molar-refractivity contribution in [2.24, 2.45) is 16.9 Å². The standard InChI is InChI=1S/C23H38N22/c24-9-22(5-1-10-34-14(25)42-15(26)35-10,6-2-11-36-16(27)43-17(28)37-11)23(33,7-3-12-38-18(29)44-19(30)39-12)8-4-13-40-20(31)45-21(32)41-13/h1-9,24,33H2,(H4,25,26,34,35,42)(H4,27,28,36,37,43)(H4,29,30,38,39,44)(H4,31,32,40,41,45). The Morgan fingerprint density at radius 2 is 0.578 bits per heavy atom. The lowest BCUT2D eigenvalue weighted by Gasteiger charge is -2.49. The molecule has 0 aliphatic rings. The number of nitrogens with zero attached hydrogens (tertiary/aromatic N) is 12. The molecule has 22 nitrogen and oxygen atoms in total. The van der Waals surface area contributed by atoms with E-state index in [-0.39, 0.29) is 67.0 Å². The first-order valence-electron chi connectivity index (χ1n) is 13.8. The topological polar surface area (TPSA) is 415 Å². The van der Waals surface area contributed by atoms with Crippen LogP contribution in [-0.4, -0.2) is 71.9 Å². The van der Waals surface area contributed by atoms with E-state index in [4.69, 9.17) is 57.3 Å². The van der Waals surface area contributed by atoms with Crippen LogP contribution in [0.3, 0.4) is 0 Å². The Morgan fingerprint density at radius 1 is 0.356 bits per heavy atom. The van der Waals surface area contributed by atoms with Gasteiger partial charge in [-0.2, -0.15) is 59.8 Å². The van der Waals surface area contributed by atoms with Crippen molar-refractivity contribution in [3.63, 3.8) is 0 Å². The minimum atomic E-state index is -1.07. The van der Waals surface area contributed by atoms with Crippen LogP contribution < -0.4 is 57.3 Å². The summed E-state index contributed by atoms with van der Waals surface area (Å²) in [5, 5.41) is 0. The third kappa shape index (κ3) is 8.26. The van der Waals surface area contributed by atoms with Gasteiger partial charge >= 0.3 is 0 Å². The molecule has 4 aromatic rings. The number of aryl methyl sites for hydroxylation is 4. The number of aromatic nitrogens is 12. The van der Waals surface area contributed by atoms with Crippen LogP contribution >= 0.6 is 0 Å². The lowest BCUT2D eigenvalue weighted by atomic mass is 9.60. The summed E-state index contributed by atoms with van der Waals surface area (Å²) in [5.74, 6) is 1.31. The minimum Gasteiger partial charge on any atom is -0.368 e. The lowest BCUT2D eigenvalue weighted by molar-refractivity contribution is 0.0825. The summed E-state index contributed by atoms with van der Waals surface area (Å²) in [4.78, 5) is 49.3. The molecule has 0 spiro atoms. The van der Waals surface area contributed by atoms with Crippen molar-refractivity contribution in [2.45, 2.75) is 56.9 Å². The van der Waals surface area contributed by atoms with Crippen molar-refractivity contribution in [1.29, 1.82) is 0 Å². The molecule has 0 saturated heterocycles. The maximum absolute atomic E-state index is 7.43. The van der Waals surface area contributed by atoms with Crippen LogP contribution in [0.1, 0.15) is 49.0 Å². The summed E-state index contributed by atoms with van der Waals surface area (Å²) in [5.41, 5.74) is 58.8. The molecule has 0 unspecified atom stereocenters. The summed E-state index contributed by atoms with van der Waals surface area (Å²) in [6, 6.07) is 0. The maximum atomic E-state index is 7.43. The molecular weight excluding hydrogens is 584 g/mol. The number of anilines is 8. The fourth-order valence-corrected chi connectivity index (χ4v) is 5.33. The van der Waals surface area contributed by atoms with E-state index >= 15 is 0 Å². The molecule has 4 aromatic heterocycles. The Balaban J connectivity index is 1.75. The van der Waals surface area contributed by atoms with Gasteiger partial charge in [0.05, 0.1) is 0 Å². The van der Waals surface area contributed by atoms with Gasteiger partial charge in [-0.25, -0.2) is 0 Å². The van der Waals surface area contributed by atoms with Crippen LogP contribution in [0.4, 0.5) is 47.6 Å². The molecule has 0 amide bonds. The Bertz CT molecular complexity index is 1440. The van der Waals surface area contributed by atoms with E-state index in [0.29, 0.717) is 61.8 Å². The van der Waals surface area contributed by atoms with Gasteiger partial charge in [0, 0.05) is 36.6 Å². The molecule has 0 bridgehead atoms. The van der Waals surface area contributed by atoms with Gasteiger partial charge in [-0.15, -0.1) is 0 Å². The van der Waals surface area contributed by atoms with Crippen LogP contribution in [0, 0.1) is 5.41 Å². The minimum absolute atomic E-state index is 0.0129. The van der Waals surface area contributed by atoms with Crippen LogP contribution in [-0.2, 0) is 25.7 Å². The predicted molar refractivity (Wildman–Crippen MR) is 166 cm³/mol. The van der Waals surface area contributed by atoms with Crippen molar-refractivity contribution < 1.29 is 0 Å². The Kier molecular flexibility index (Phi) is 9.57. The summed E-state index contributed by atoms with van der Waals surface area (Å²) in [7, 11) is 0. The largest absolute Gasteiger partial charge is 0.368 e. The first-order valence-corrected chi connectivity index (χ1v) is 13.8. The first kappa shape index (κ1) is 32.3. The van der Waals surface area contributed by atoms with Crippen molar-refractivity contribution in [2.75, 3.05) is 52.4 Å². The average molecular weight is 623 g/mol. The van der Waals surface area contributed by atoms with Crippen molar-refractivity contribution in [3.8, 4) is 0 Å². The monoisotopic (exact) mass is 622 g/mol. The van der Waals surface area contributed by atoms with Gasteiger partial charge in [-0.1, -0.05) is 0 Å². The smallest absolute Gasteiger partial charge is 0.225 e. The highest BCUT2D eigenvalue weighted by atomic mass is 15.2. The van der Waals surface area contributed by atoms with Gasteiger partial charge in [0.25, 0.3) is 0 Å². The normalized spacial score (nSPS) is 12.0. The molecule has 22 heteroatoms. The zero-order valence-electron chi connectivity index (χ0n) is 24.5. The number of nitrogens with two attached hydrogens (primary N) is 10. The number of hydrogen-bond acceptors (Lipinski definition) is 22. The third-order valence-corrected chi connectivity index (χ3v) is 7.56. The van der Waals surface area contributed by atoms with Crippen LogP contribution in [0.25, 0.3) is 0 Å². The highest BCUT2D eigenvalue weighted by Gasteiger charge is 2.47. The maximum Gasteiger partial charge on any atom is 0.225 e. The van der Waals surface area contributed by atoms with E-state index in [1.807, 2.05) is 0 Å². The van der Waals surface area contributed by atoms with Gasteiger partial charge in [-0.3, -0.25) is 0 Å². The number of hydrogen-bond donors (Lipinski definition) is 10. The SMILES string of the molecule is NCC(CCc1nc(N)nc(N)n1)(CCc1nc(N)nc(N)n1)C(N)(CCc1nc(N)nc(N)n1)CCc1nc(N)nc(N)n1. The quantitative estimate of drug-likeness (QED) is 0.0653. The number of rotatable bonds is 14. The predicted octanol–water partition coefficient (Wildman–Crippen LogP) is -3.44. The van der Waals surface area contributed by atoms with Gasteiger partial charge in [0.1, 0.15) is 23.3 Å². The highest BCUT2D eigenvalue weighted by molar-refractivity contribution is 5.29. The van der Waals surface area contributed by atoms with E-state index in [2.05, 4.69) is 59.8 Å².